The van der Waals surface area contributed by atoms with Crippen molar-refractivity contribution in [2.24, 2.45) is 15.8 Å². The molecule has 0 spiro atoms. The Bertz CT molecular complexity index is 532. The van der Waals surface area contributed by atoms with Gasteiger partial charge in [-0.1, -0.05) is 41.5 Å². The Kier molecular flexibility index (Phi) is 4.18. The summed E-state index contributed by atoms with van der Waals surface area (Å²) in [6.07, 6.45) is 0.908. The number of nitrogens with one attached hydrogen (secondary N) is 1. The number of fused-ring (bicyclic) bond motifs is 1. The number of hydrogen-bond donors (Lipinski definition) is 1. The fourth-order valence-corrected chi connectivity index (χ4v) is 3.81. The number of hydrogen-bond acceptors (Lipinski definition) is 3. The smallest absolute Gasteiger partial charge is 0.217 e. The summed E-state index contributed by atoms with van der Waals surface area (Å²) in [5.74, 6) is 1.20. The van der Waals surface area contributed by atoms with Gasteiger partial charge in [0, 0.05) is 31.0 Å². The van der Waals surface area contributed by atoms with Crippen LogP contribution in [0.2, 0.25) is 0 Å². The van der Waals surface area contributed by atoms with E-state index in [1.54, 1.807) is 6.92 Å². The van der Waals surface area contributed by atoms with Crippen molar-refractivity contribution in [2.75, 3.05) is 6.54 Å². The molecule has 0 saturated carbocycles. The lowest BCUT2D eigenvalue weighted by Crippen LogP contribution is -2.44. The molecular formula is C18H31N3O. The molecular weight excluding hydrogens is 274 g/mol. The second-order valence-corrected chi connectivity index (χ2v) is 8.70. The van der Waals surface area contributed by atoms with E-state index in [4.69, 9.17) is 4.99 Å². The summed E-state index contributed by atoms with van der Waals surface area (Å²) >= 11 is 0. The summed E-state index contributed by atoms with van der Waals surface area (Å²) in [6, 6.07) is 0.388. The van der Waals surface area contributed by atoms with Crippen LogP contribution in [-0.4, -0.2) is 35.3 Å². The van der Waals surface area contributed by atoms with Crippen LogP contribution in [0.4, 0.5) is 0 Å². The molecule has 0 aromatic heterocycles. The van der Waals surface area contributed by atoms with Gasteiger partial charge >= 0.3 is 0 Å². The van der Waals surface area contributed by atoms with E-state index in [2.05, 4.69) is 58.7 Å². The van der Waals surface area contributed by atoms with E-state index in [1.165, 1.54) is 11.3 Å². The maximum Gasteiger partial charge on any atom is 0.217 e. The zero-order valence-corrected chi connectivity index (χ0v) is 15.4. The van der Waals surface area contributed by atoms with Crippen LogP contribution >= 0.6 is 0 Å². The zero-order valence-electron chi connectivity index (χ0n) is 15.4. The van der Waals surface area contributed by atoms with Crippen molar-refractivity contribution in [2.45, 2.75) is 73.9 Å². The van der Waals surface area contributed by atoms with Gasteiger partial charge in [0.25, 0.3) is 0 Å². The number of carbonyl (C=O) groups excluding carboxylic acids is 1. The standard InChI is InChI=1S/C18H31N3O/c1-11-15(17(3,4)5)14-9-13(20-12(2)22)10-21(14)16(19-11)18(6,7)8/h11,13H,9-10H2,1-8H3,(H,20,22)/t11-,13+/m0/s1. The molecule has 2 aliphatic heterocycles. The van der Waals surface area contributed by atoms with E-state index < -0.39 is 0 Å². The SMILES string of the molecule is CC(=O)N[C@@H]1CC2=C(C(C)(C)C)[C@H](C)N=C(C(C)(C)C)N2C1. The van der Waals surface area contributed by atoms with Gasteiger partial charge in [-0.3, -0.25) is 9.79 Å². The van der Waals surface area contributed by atoms with Gasteiger partial charge in [-0.15, -0.1) is 0 Å². The number of nitrogens with zero attached hydrogens (tertiary/aromatic N) is 2. The van der Waals surface area contributed by atoms with Crippen LogP contribution in [0.3, 0.4) is 0 Å². The lowest BCUT2D eigenvalue weighted by atomic mass is 9.79. The molecule has 2 rings (SSSR count). The van der Waals surface area contributed by atoms with Gasteiger partial charge in [0.15, 0.2) is 0 Å². The molecule has 0 unspecified atom stereocenters. The summed E-state index contributed by atoms with van der Waals surface area (Å²) in [7, 11) is 0. The predicted octanol–water partition coefficient (Wildman–Crippen LogP) is 3.34. The van der Waals surface area contributed by atoms with Gasteiger partial charge in [-0.05, 0) is 17.9 Å². The van der Waals surface area contributed by atoms with Crippen molar-refractivity contribution in [3.8, 4) is 0 Å². The van der Waals surface area contributed by atoms with Crippen LogP contribution in [0.5, 0.6) is 0 Å². The van der Waals surface area contributed by atoms with E-state index in [-0.39, 0.29) is 28.8 Å². The van der Waals surface area contributed by atoms with E-state index in [0.29, 0.717) is 0 Å². The molecule has 0 aromatic carbocycles. The molecule has 2 heterocycles. The average Bonchev–Trinajstić information content (AvgIpc) is 2.65. The second kappa shape index (κ2) is 5.39. The second-order valence-electron chi connectivity index (χ2n) is 8.70. The van der Waals surface area contributed by atoms with Crippen molar-refractivity contribution >= 4 is 11.7 Å². The summed E-state index contributed by atoms with van der Waals surface area (Å²) in [4.78, 5) is 18.8. The zero-order chi connectivity index (χ0) is 16.9. The molecule has 0 aromatic rings. The predicted molar refractivity (Wildman–Crippen MR) is 91.8 cm³/mol. The Morgan fingerprint density at radius 1 is 1.18 bits per heavy atom. The first kappa shape index (κ1) is 17.0. The average molecular weight is 305 g/mol. The van der Waals surface area contributed by atoms with Crippen LogP contribution < -0.4 is 5.32 Å². The lowest BCUT2D eigenvalue weighted by Gasteiger charge is -2.41. The van der Waals surface area contributed by atoms with Crippen LogP contribution in [0.15, 0.2) is 16.3 Å². The molecule has 1 saturated heterocycles. The highest BCUT2D eigenvalue weighted by atomic mass is 16.1. The number of aliphatic imine (C=N–C) groups is 1. The third-order valence-electron chi connectivity index (χ3n) is 4.36. The third-order valence-corrected chi connectivity index (χ3v) is 4.36. The van der Waals surface area contributed by atoms with Crippen LogP contribution in [0.25, 0.3) is 0 Å². The van der Waals surface area contributed by atoms with E-state index in [1.807, 2.05) is 0 Å². The molecule has 2 atom stereocenters. The minimum Gasteiger partial charge on any atom is -0.351 e. The van der Waals surface area contributed by atoms with Gasteiger partial charge < -0.3 is 10.2 Å². The van der Waals surface area contributed by atoms with E-state index in [9.17, 15) is 4.79 Å². The summed E-state index contributed by atoms with van der Waals surface area (Å²) in [6.45, 7) is 18.0. The molecule has 1 fully saturated rings. The highest BCUT2D eigenvalue weighted by Gasteiger charge is 2.42. The molecule has 1 N–H and O–H groups in total. The monoisotopic (exact) mass is 305 g/mol. The number of rotatable bonds is 1. The Morgan fingerprint density at radius 3 is 2.23 bits per heavy atom. The first-order valence-electron chi connectivity index (χ1n) is 8.27. The van der Waals surface area contributed by atoms with Crippen molar-refractivity contribution in [1.29, 1.82) is 0 Å². The molecule has 0 radical (unpaired) electrons. The third kappa shape index (κ3) is 3.21. The Morgan fingerprint density at radius 2 is 1.77 bits per heavy atom. The molecule has 124 valence electrons. The highest BCUT2D eigenvalue weighted by Crippen LogP contribution is 2.42. The summed E-state index contributed by atoms with van der Waals surface area (Å²) < 4.78 is 0. The molecule has 0 aliphatic carbocycles. The molecule has 4 heteroatoms. The maximum atomic E-state index is 11.5. The fraction of sp³-hybridized carbons (Fsp3) is 0.778. The van der Waals surface area contributed by atoms with Gasteiger partial charge in [0.2, 0.25) is 5.91 Å². The topological polar surface area (TPSA) is 44.7 Å². The number of amidine groups is 1. The highest BCUT2D eigenvalue weighted by molar-refractivity contribution is 5.90. The van der Waals surface area contributed by atoms with Gasteiger partial charge in [-0.2, -0.15) is 0 Å². The lowest BCUT2D eigenvalue weighted by molar-refractivity contribution is -0.119. The van der Waals surface area contributed by atoms with Crippen LogP contribution in [0.1, 0.15) is 61.8 Å². The van der Waals surface area contributed by atoms with Crippen LogP contribution in [-0.2, 0) is 4.79 Å². The van der Waals surface area contributed by atoms with E-state index in [0.717, 1.165) is 18.8 Å². The van der Waals surface area contributed by atoms with Gasteiger partial charge in [0.1, 0.15) is 5.84 Å². The normalized spacial score (nSPS) is 26.0. The van der Waals surface area contributed by atoms with Gasteiger partial charge in [0.05, 0.1) is 12.1 Å². The van der Waals surface area contributed by atoms with Crippen molar-refractivity contribution in [3.63, 3.8) is 0 Å². The molecule has 0 bridgehead atoms. The molecule has 2 aliphatic rings. The summed E-state index contributed by atoms with van der Waals surface area (Å²) in [5.41, 5.74) is 2.88. The quantitative estimate of drug-likeness (QED) is 0.807. The van der Waals surface area contributed by atoms with E-state index >= 15 is 0 Å². The Balaban J connectivity index is 2.47. The number of amides is 1. The van der Waals surface area contributed by atoms with Crippen molar-refractivity contribution in [1.82, 2.24) is 10.2 Å². The number of carbonyl (C=O) groups is 1. The first-order valence-corrected chi connectivity index (χ1v) is 8.27. The molecule has 1 amide bonds. The molecule has 4 nitrogen and oxygen atoms in total. The largest absolute Gasteiger partial charge is 0.351 e. The Labute approximate surface area is 135 Å². The maximum absolute atomic E-state index is 11.5. The summed E-state index contributed by atoms with van der Waals surface area (Å²) in [5, 5.41) is 3.09. The molecule has 22 heavy (non-hydrogen) atoms. The van der Waals surface area contributed by atoms with Crippen molar-refractivity contribution in [3.05, 3.63) is 11.3 Å². The first-order chi connectivity index (χ1) is 9.91. The minimum atomic E-state index is 0.00797. The minimum absolute atomic E-state index is 0.00797. The fourth-order valence-electron chi connectivity index (χ4n) is 3.81. The van der Waals surface area contributed by atoms with Gasteiger partial charge in [-0.25, -0.2) is 0 Å². The Hall–Kier alpha value is -1.32. The van der Waals surface area contributed by atoms with Crippen molar-refractivity contribution < 1.29 is 4.79 Å². The van der Waals surface area contributed by atoms with Crippen LogP contribution in [0, 0.1) is 10.8 Å².